The molecule has 2 aromatic carbocycles. The highest BCUT2D eigenvalue weighted by molar-refractivity contribution is 8.00. The van der Waals surface area contributed by atoms with Crippen molar-refractivity contribution < 1.29 is 23.2 Å². The Bertz CT molecular complexity index is 755. The second kappa shape index (κ2) is 9.82. The standard InChI is InChI=1S/C20H22F2N2O2S/c21-16-6-7-17(22)19(12-16)27-14-20(25)23-18(15-4-2-1-3-5-15)13-24-8-10-26-11-9-24/h1-7,12,18H,8-11,13-14H2,(H,23,25)/p+1/t18-/m0/s1. The molecular formula is C20H23F2N2O2S+. The fraction of sp³-hybridized carbons (Fsp3) is 0.350. The Morgan fingerprint density at radius 2 is 1.89 bits per heavy atom. The maximum Gasteiger partial charge on any atom is 0.231 e. The Kier molecular flexibility index (Phi) is 7.20. The van der Waals surface area contributed by atoms with Crippen molar-refractivity contribution in [3.05, 3.63) is 65.7 Å². The maximum atomic E-state index is 13.7. The summed E-state index contributed by atoms with van der Waals surface area (Å²) in [6, 6.07) is 12.9. The molecule has 1 saturated heterocycles. The monoisotopic (exact) mass is 393 g/mol. The van der Waals surface area contributed by atoms with Gasteiger partial charge in [-0.25, -0.2) is 8.78 Å². The van der Waals surface area contributed by atoms with Gasteiger partial charge >= 0.3 is 0 Å². The van der Waals surface area contributed by atoms with E-state index in [9.17, 15) is 13.6 Å². The van der Waals surface area contributed by atoms with Gasteiger partial charge in [0.25, 0.3) is 0 Å². The van der Waals surface area contributed by atoms with Crippen LogP contribution in [0.1, 0.15) is 11.6 Å². The first-order chi connectivity index (χ1) is 13.1. The number of benzene rings is 2. The highest BCUT2D eigenvalue weighted by atomic mass is 32.2. The molecule has 144 valence electrons. The van der Waals surface area contributed by atoms with E-state index >= 15 is 0 Å². The number of hydrogen-bond acceptors (Lipinski definition) is 3. The smallest absolute Gasteiger partial charge is 0.231 e. The van der Waals surface area contributed by atoms with Gasteiger partial charge in [0.15, 0.2) is 0 Å². The van der Waals surface area contributed by atoms with Crippen molar-refractivity contribution >= 4 is 17.7 Å². The highest BCUT2D eigenvalue weighted by Crippen LogP contribution is 2.22. The summed E-state index contributed by atoms with van der Waals surface area (Å²) in [5.74, 6) is -1.21. The summed E-state index contributed by atoms with van der Waals surface area (Å²) >= 11 is 0.999. The van der Waals surface area contributed by atoms with Crippen LogP contribution < -0.4 is 10.2 Å². The molecule has 1 heterocycles. The van der Waals surface area contributed by atoms with Crippen LogP contribution >= 0.6 is 11.8 Å². The summed E-state index contributed by atoms with van der Waals surface area (Å²) in [5, 5.41) is 3.05. The van der Waals surface area contributed by atoms with Gasteiger partial charge in [-0.3, -0.25) is 4.79 Å². The molecular weight excluding hydrogens is 370 g/mol. The lowest BCUT2D eigenvalue weighted by Gasteiger charge is -2.28. The van der Waals surface area contributed by atoms with Crippen molar-refractivity contribution in [1.82, 2.24) is 5.32 Å². The summed E-state index contributed by atoms with van der Waals surface area (Å²) in [4.78, 5) is 14.0. The fourth-order valence-electron chi connectivity index (χ4n) is 3.06. The highest BCUT2D eigenvalue weighted by Gasteiger charge is 2.23. The number of nitrogens with one attached hydrogen (secondary N) is 2. The van der Waals surface area contributed by atoms with E-state index in [0.29, 0.717) is 0 Å². The SMILES string of the molecule is O=C(CSc1cc(F)ccc1F)N[C@@H](C[NH+]1CCOCC1)c1ccccc1. The van der Waals surface area contributed by atoms with E-state index < -0.39 is 11.6 Å². The molecule has 27 heavy (non-hydrogen) atoms. The van der Waals surface area contributed by atoms with Crippen LogP contribution in [0, 0.1) is 11.6 Å². The summed E-state index contributed by atoms with van der Waals surface area (Å²) in [5.41, 5.74) is 1.03. The van der Waals surface area contributed by atoms with Crippen LogP contribution in [-0.4, -0.2) is 44.5 Å². The Labute approximate surface area is 161 Å². The Hall–Kier alpha value is -1.96. The molecule has 0 saturated carbocycles. The number of amides is 1. The van der Waals surface area contributed by atoms with E-state index in [0.717, 1.165) is 68.4 Å². The lowest BCUT2D eigenvalue weighted by molar-refractivity contribution is -0.909. The number of morpholine rings is 1. The molecule has 1 fully saturated rings. The van der Waals surface area contributed by atoms with E-state index in [2.05, 4.69) is 5.32 Å². The van der Waals surface area contributed by atoms with Crippen LogP contribution in [0.3, 0.4) is 0 Å². The Morgan fingerprint density at radius 1 is 1.15 bits per heavy atom. The number of hydrogen-bond donors (Lipinski definition) is 2. The zero-order valence-corrected chi connectivity index (χ0v) is 15.7. The molecule has 0 unspecified atom stereocenters. The van der Waals surface area contributed by atoms with Crippen LogP contribution in [0.2, 0.25) is 0 Å². The lowest BCUT2D eigenvalue weighted by atomic mass is 10.1. The molecule has 1 atom stereocenters. The average molecular weight is 393 g/mol. The first-order valence-electron chi connectivity index (χ1n) is 8.95. The molecule has 3 rings (SSSR count). The number of ether oxygens (including phenoxy) is 1. The minimum absolute atomic E-state index is 0.0299. The third-order valence-electron chi connectivity index (χ3n) is 4.48. The van der Waals surface area contributed by atoms with Crippen molar-refractivity contribution in [2.45, 2.75) is 10.9 Å². The zero-order chi connectivity index (χ0) is 19.1. The van der Waals surface area contributed by atoms with Gasteiger partial charge in [-0.1, -0.05) is 30.3 Å². The normalized spacial score (nSPS) is 16.1. The molecule has 7 heteroatoms. The fourth-order valence-corrected chi connectivity index (χ4v) is 3.83. The van der Waals surface area contributed by atoms with Crippen LogP contribution in [0.25, 0.3) is 0 Å². The van der Waals surface area contributed by atoms with Crippen molar-refractivity contribution in [2.24, 2.45) is 0 Å². The molecule has 2 aromatic rings. The van der Waals surface area contributed by atoms with E-state index in [1.807, 2.05) is 30.3 Å². The van der Waals surface area contributed by atoms with Crippen molar-refractivity contribution in [3.8, 4) is 0 Å². The van der Waals surface area contributed by atoms with Gasteiger partial charge in [0, 0.05) is 4.90 Å². The molecule has 1 aliphatic heterocycles. The van der Waals surface area contributed by atoms with Crippen LogP contribution in [0.15, 0.2) is 53.4 Å². The van der Waals surface area contributed by atoms with Gasteiger partial charge in [-0.2, -0.15) is 0 Å². The molecule has 1 aliphatic rings. The van der Waals surface area contributed by atoms with Gasteiger partial charge in [0.1, 0.15) is 37.3 Å². The molecule has 2 N–H and O–H groups in total. The third-order valence-corrected chi connectivity index (χ3v) is 5.51. The zero-order valence-electron chi connectivity index (χ0n) is 14.9. The predicted octanol–water partition coefficient (Wildman–Crippen LogP) is 1.83. The maximum absolute atomic E-state index is 13.7. The first-order valence-corrected chi connectivity index (χ1v) is 9.94. The van der Waals surface area contributed by atoms with Crippen LogP contribution in [-0.2, 0) is 9.53 Å². The topological polar surface area (TPSA) is 42.8 Å². The molecule has 0 aliphatic carbocycles. The van der Waals surface area contributed by atoms with Crippen molar-refractivity contribution in [1.29, 1.82) is 0 Å². The minimum atomic E-state index is -0.522. The largest absolute Gasteiger partial charge is 0.370 e. The summed E-state index contributed by atoms with van der Waals surface area (Å²) in [6.45, 7) is 4.02. The molecule has 1 amide bonds. The molecule has 0 spiro atoms. The van der Waals surface area contributed by atoms with Crippen molar-refractivity contribution in [2.75, 3.05) is 38.6 Å². The molecule has 0 radical (unpaired) electrons. The first kappa shape index (κ1) is 19.8. The van der Waals surface area contributed by atoms with Crippen LogP contribution in [0.4, 0.5) is 8.78 Å². The van der Waals surface area contributed by atoms with Gasteiger partial charge in [-0.05, 0) is 23.8 Å². The lowest BCUT2D eigenvalue weighted by Crippen LogP contribution is -3.14. The molecule has 4 nitrogen and oxygen atoms in total. The predicted molar refractivity (Wildman–Crippen MR) is 101 cm³/mol. The number of rotatable bonds is 7. The summed E-state index contributed by atoms with van der Waals surface area (Å²) in [7, 11) is 0. The van der Waals surface area contributed by atoms with E-state index in [4.69, 9.17) is 4.74 Å². The van der Waals surface area contributed by atoms with E-state index in [1.54, 1.807) is 0 Å². The van der Waals surface area contributed by atoms with E-state index in [-0.39, 0.29) is 22.6 Å². The van der Waals surface area contributed by atoms with Crippen LogP contribution in [0.5, 0.6) is 0 Å². The second-order valence-corrected chi connectivity index (χ2v) is 7.48. The molecule has 0 aromatic heterocycles. The third kappa shape index (κ3) is 6.02. The van der Waals surface area contributed by atoms with Crippen molar-refractivity contribution in [3.63, 3.8) is 0 Å². The summed E-state index contributed by atoms with van der Waals surface area (Å²) < 4.78 is 32.4. The quantitative estimate of drug-likeness (QED) is 0.706. The number of thioether (sulfide) groups is 1. The number of quaternary nitrogens is 1. The van der Waals surface area contributed by atoms with E-state index in [1.165, 1.54) is 4.90 Å². The van der Waals surface area contributed by atoms with Gasteiger partial charge in [0.05, 0.1) is 19.0 Å². The number of carbonyl (C=O) groups is 1. The van der Waals surface area contributed by atoms with Gasteiger partial charge in [-0.15, -0.1) is 11.8 Å². The minimum Gasteiger partial charge on any atom is -0.370 e. The summed E-state index contributed by atoms with van der Waals surface area (Å²) in [6.07, 6.45) is 0. The second-order valence-electron chi connectivity index (χ2n) is 6.46. The average Bonchev–Trinajstić information content (AvgIpc) is 2.69. The van der Waals surface area contributed by atoms with Gasteiger partial charge < -0.3 is 15.0 Å². The molecule has 0 bridgehead atoms. The number of halogens is 2. The Balaban J connectivity index is 1.62. The Morgan fingerprint density at radius 3 is 2.63 bits per heavy atom. The van der Waals surface area contributed by atoms with Gasteiger partial charge in [0.2, 0.25) is 5.91 Å². The number of carbonyl (C=O) groups excluding carboxylic acids is 1.